The van der Waals surface area contributed by atoms with Gasteiger partial charge in [0, 0.05) is 32.8 Å². The van der Waals surface area contributed by atoms with Gasteiger partial charge in [-0.25, -0.2) is 0 Å². The van der Waals surface area contributed by atoms with Crippen LogP contribution in [0.5, 0.6) is 0 Å². The third-order valence-electron chi connectivity index (χ3n) is 7.58. The molecule has 3 rings (SSSR count). The molecule has 204 valence electrons. The molecule has 1 aliphatic heterocycles. The zero-order valence-electron chi connectivity index (χ0n) is 23.9. The molecular formula is C29H49N3O3S. The molecule has 1 saturated heterocycles. The molecular weight excluding hydrogens is 470 g/mol. The minimum Gasteiger partial charge on any atom is -0.405 e. The number of methoxy groups -OCH3 is 1. The van der Waals surface area contributed by atoms with Gasteiger partial charge in [-0.05, 0) is 61.3 Å². The first-order valence-electron chi connectivity index (χ1n) is 13.8. The number of aliphatic imine (C=N–C) groups is 1. The summed E-state index contributed by atoms with van der Waals surface area (Å²) in [5.41, 5.74) is 10.7. The minimum absolute atomic E-state index is 0.0608. The summed E-state index contributed by atoms with van der Waals surface area (Å²) in [4.78, 5) is 8.34. The molecule has 6 nitrogen and oxygen atoms in total. The molecule has 2 N–H and O–H groups in total. The Labute approximate surface area is 223 Å². The number of nitrogens with two attached hydrogens (primary N) is 1. The second-order valence-corrected chi connectivity index (χ2v) is 12.2. The van der Waals surface area contributed by atoms with Crippen LogP contribution in [0.2, 0.25) is 0 Å². The fourth-order valence-corrected chi connectivity index (χ4v) is 6.51. The molecule has 5 atom stereocenters. The average Bonchev–Trinajstić information content (AvgIpc) is 3.37. The first kappa shape index (κ1) is 29.4. The largest absolute Gasteiger partial charge is 0.405 e. The van der Waals surface area contributed by atoms with Crippen molar-refractivity contribution in [2.75, 3.05) is 33.8 Å². The highest BCUT2D eigenvalue weighted by atomic mass is 32.2. The normalized spacial score (nSPS) is 27.7. The number of benzene rings is 1. The summed E-state index contributed by atoms with van der Waals surface area (Å²) in [6, 6.07) is 4.59. The van der Waals surface area contributed by atoms with Crippen LogP contribution in [0.25, 0.3) is 0 Å². The van der Waals surface area contributed by atoms with E-state index in [-0.39, 0.29) is 30.3 Å². The molecule has 0 aromatic heterocycles. The second kappa shape index (κ2) is 13.1. The lowest BCUT2D eigenvalue weighted by atomic mass is 9.89. The monoisotopic (exact) mass is 519 g/mol. The number of hydrogen-bond donors (Lipinski definition) is 1. The zero-order chi connectivity index (χ0) is 26.6. The van der Waals surface area contributed by atoms with Gasteiger partial charge in [0.2, 0.25) is 5.90 Å². The third-order valence-corrected chi connectivity index (χ3v) is 8.47. The van der Waals surface area contributed by atoms with Gasteiger partial charge in [0.05, 0.1) is 41.2 Å². The van der Waals surface area contributed by atoms with Gasteiger partial charge in [-0.2, -0.15) is 0 Å². The Morgan fingerprint density at radius 3 is 2.22 bits per heavy atom. The highest BCUT2D eigenvalue weighted by molar-refractivity contribution is 7.95. The molecule has 2 aliphatic rings. The molecule has 0 amide bonds. The van der Waals surface area contributed by atoms with Crippen molar-refractivity contribution in [1.29, 1.82) is 0 Å². The molecule has 1 aromatic carbocycles. The minimum atomic E-state index is -0.162. The Balaban J connectivity index is 1.91. The van der Waals surface area contributed by atoms with E-state index in [4.69, 9.17) is 24.4 Å². The van der Waals surface area contributed by atoms with Crippen LogP contribution < -0.4 is 5.73 Å². The quantitative estimate of drug-likeness (QED) is 0.234. The number of ether oxygens (including phenoxy) is 2. The molecule has 36 heavy (non-hydrogen) atoms. The molecule has 0 spiro atoms. The summed E-state index contributed by atoms with van der Waals surface area (Å²) in [6.07, 6.45) is 1.73. The van der Waals surface area contributed by atoms with E-state index in [1.807, 2.05) is 6.92 Å². The van der Waals surface area contributed by atoms with Crippen LogP contribution >= 0.6 is 12.0 Å². The van der Waals surface area contributed by atoms with Gasteiger partial charge in [0.15, 0.2) is 0 Å². The van der Waals surface area contributed by atoms with E-state index >= 15 is 0 Å². The van der Waals surface area contributed by atoms with Gasteiger partial charge in [0.1, 0.15) is 0 Å². The first-order chi connectivity index (χ1) is 17.1. The second-order valence-electron chi connectivity index (χ2n) is 11.4. The highest BCUT2D eigenvalue weighted by Gasteiger charge is 2.48. The predicted octanol–water partition coefficient (Wildman–Crippen LogP) is 5.95. The number of hydrogen-bond acceptors (Lipinski definition) is 7. The molecule has 1 aromatic rings. The lowest BCUT2D eigenvalue weighted by molar-refractivity contribution is -0.0801. The van der Waals surface area contributed by atoms with E-state index in [1.54, 1.807) is 7.11 Å². The van der Waals surface area contributed by atoms with Gasteiger partial charge in [0.25, 0.3) is 0 Å². The fraction of sp³-hybridized carbons (Fsp3) is 0.759. The standard InChI is InChI=1S/C29H49N3O3S/c1-10-31-29(26-24(30)15-25(33-9)27(26)34-21-11-12-32(8)16-21)35-36-28-22(18(4)5)13-20(17(2)3)14-23(28)19(6)7/h13-14,17-19,21,24-27H,10-12,15-16,30H2,1-9H3/t21-,24?,25?,26?,27?/m0/s1. The summed E-state index contributed by atoms with van der Waals surface area (Å²) in [5, 5.41) is 0. The predicted molar refractivity (Wildman–Crippen MR) is 151 cm³/mol. The van der Waals surface area contributed by atoms with Crippen molar-refractivity contribution in [2.45, 2.75) is 108 Å². The van der Waals surface area contributed by atoms with Crippen molar-refractivity contribution in [2.24, 2.45) is 16.6 Å². The van der Waals surface area contributed by atoms with E-state index in [0.29, 0.717) is 30.2 Å². The van der Waals surface area contributed by atoms with Gasteiger partial charge >= 0.3 is 0 Å². The van der Waals surface area contributed by atoms with Gasteiger partial charge in [-0.1, -0.05) is 53.7 Å². The van der Waals surface area contributed by atoms with Crippen LogP contribution in [0.3, 0.4) is 0 Å². The summed E-state index contributed by atoms with van der Waals surface area (Å²) in [5.74, 6) is 1.81. The highest BCUT2D eigenvalue weighted by Crippen LogP contribution is 2.41. The summed E-state index contributed by atoms with van der Waals surface area (Å²) in [7, 11) is 3.89. The molecule has 0 bridgehead atoms. The molecule has 2 fully saturated rings. The Morgan fingerprint density at radius 1 is 1.11 bits per heavy atom. The molecule has 7 heteroatoms. The molecule has 4 unspecified atom stereocenters. The van der Waals surface area contributed by atoms with E-state index in [9.17, 15) is 0 Å². The van der Waals surface area contributed by atoms with Crippen molar-refractivity contribution in [1.82, 2.24) is 4.90 Å². The maximum Gasteiger partial charge on any atom is 0.207 e. The van der Waals surface area contributed by atoms with Crippen LogP contribution in [0, 0.1) is 5.92 Å². The molecule has 0 radical (unpaired) electrons. The average molecular weight is 520 g/mol. The molecule has 1 saturated carbocycles. The number of rotatable bonds is 10. The van der Waals surface area contributed by atoms with Crippen molar-refractivity contribution >= 4 is 17.9 Å². The fourth-order valence-electron chi connectivity index (χ4n) is 5.39. The van der Waals surface area contributed by atoms with Crippen LogP contribution in [-0.2, 0) is 13.7 Å². The Morgan fingerprint density at radius 2 is 1.75 bits per heavy atom. The van der Waals surface area contributed by atoms with Crippen molar-refractivity contribution in [3.63, 3.8) is 0 Å². The van der Waals surface area contributed by atoms with Crippen molar-refractivity contribution < 1.29 is 13.7 Å². The van der Waals surface area contributed by atoms with Gasteiger partial charge < -0.3 is 24.3 Å². The van der Waals surface area contributed by atoms with E-state index in [1.165, 1.54) is 33.6 Å². The summed E-state index contributed by atoms with van der Waals surface area (Å²) in [6.45, 7) is 18.2. The summed E-state index contributed by atoms with van der Waals surface area (Å²) < 4.78 is 19.1. The zero-order valence-corrected chi connectivity index (χ0v) is 24.7. The van der Waals surface area contributed by atoms with Crippen LogP contribution in [0.15, 0.2) is 22.0 Å². The lowest BCUT2D eigenvalue weighted by Gasteiger charge is -2.29. The van der Waals surface area contributed by atoms with Crippen LogP contribution in [-0.4, -0.2) is 68.9 Å². The molecule has 1 heterocycles. The summed E-state index contributed by atoms with van der Waals surface area (Å²) >= 11 is 1.45. The van der Waals surface area contributed by atoms with Crippen molar-refractivity contribution in [3.05, 3.63) is 28.8 Å². The smallest absolute Gasteiger partial charge is 0.207 e. The van der Waals surface area contributed by atoms with Crippen molar-refractivity contribution in [3.8, 4) is 0 Å². The maximum absolute atomic E-state index is 6.71. The topological polar surface area (TPSA) is 69.3 Å². The lowest BCUT2D eigenvalue weighted by Crippen LogP contribution is -2.42. The van der Waals surface area contributed by atoms with Crippen LogP contribution in [0.4, 0.5) is 0 Å². The maximum atomic E-state index is 6.71. The Kier molecular flexibility index (Phi) is 10.7. The number of likely N-dealkylation sites (tertiary alicyclic amines) is 1. The van der Waals surface area contributed by atoms with E-state index in [0.717, 1.165) is 25.9 Å². The first-order valence-corrected chi connectivity index (χ1v) is 14.5. The number of likely N-dealkylation sites (N-methyl/N-ethyl adjacent to an activating group) is 1. The Bertz CT molecular complexity index is 860. The number of nitrogens with zero attached hydrogens (tertiary/aromatic N) is 2. The SMILES string of the molecule is CCN=C(OSc1c(C(C)C)cc(C(C)C)cc1C(C)C)C1C(N)CC(OC)C1O[C@H]1CCN(C)C1. The van der Waals surface area contributed by atoms with E-state index in [2.05, 4.69) is 65.6 Å². The Hall–Kier alpha value is -1.12. The van der Waals surface area contributed by atoms with Gasteiger partial charge in [-0.15, -0.1) is 0 Å². The van der Waals surface area contributed by atoms with Gasteiger partial charge in [-0.3, -0.25) is 4.99 Å². The third kappa shape index (κ3) is 6.84. The molecule has 1 aliphatic carbocycles. The van der Waals surface area contributed by atoms with Crippen LogP contribution in [0.1, 0.15) is 95.8 Å². The van der Waals surface area contributed by atoms with E-state index < -0.39 is 0 Å².